The van der Waals surface area contributed by atoms with Gasteiger partial charge in [0, 0.05) is 19.0 Å². The van der Waals surface area contributed by atoms with Gasteiger partial charge in [0.05, 0.1) is 18.2 Å². The number of hydrogen-bond donors (Lipinski definition) is 0. The Bertz CT molecular complexity index is 1310. The van der Waals surface area contributed by atoms with Crippen LogP contribution in [0, 0.1) is 5.92 Å². The second kappa shape index (κ2) is 9.13. The largest absolute Gasteiger partial charge is 0.420 e. The highest BCUT2D eigenvalue weighted by atomic mass is 16.5. The van der Waals surface area contributed by atoms with E-state index in [1.807, 2.05) is 19.1 Å². The Kier molecular flexibility index (Phi) is 6.01. The number of amides is 1. The molecule has 1 unspecified atom stereocenters. The molecule has 180 valence electrons. The van der Waals surface area contributed by atoms with Crippen LogP contribution in [0.1, 0.15) is 65.5 Å². The van der Waals surface area contributed by atoms with Crippen LogP contribution in [0.4, 0.5) is 0 Å². The number of ether oxygens (including phenoxy) is 1. The highest BCUT2D eigenvalue weighted by molar-refractivity contribution is 5.96. The van der Waals surface area contributed by atoms with Gasteiger partial charge in [-0.15, -0.1) is 0 Å². The number of benzene rings is 2. The molecule has 7 heteroatoms. The summed E-state index contributed by atoms with van der Waals surface area (Å²) in [7, 11) is 0. The molecule has 0 radical (unpaired) electrons. The summed E-state index contributed by atoms with van der Waals surface area (Å²) in [6.07, 6.45) is 3.01. The molecular weight excluding hydrogens is 442 g/mol. The second-order valence-corrected chi connectivity index (χ2v) is 9.49. The number of aromatic nitrogens is 2. The van der Waals surface area contributed by atoms with E-state index in [-0.39, 0.29) is 29.3 Å². The predicted molar refractivity (Wildman–Crippen MR) is 132 cm³/mol. The molecule has 2 aliphatic rings. The van der Waals surface area contributed by atoms with Gasteiger partial charge in [-0.05, 0) is 42.0 Å². The molecule has 0 spiro atoms. The van der Waals surface area contributed by atoms with E-state index < -0.39 is 17.3 Å². The minimum Gasteiger partial charge on any atom is -0.420 e. The Morgan fingerprint density at radius 2 is 1.63 bits per heavy atom. The third kappa shape index (κ3) is 3.95. The van der Waals surface area contributed by atoms with E-state index in [0.29, 0.717) is 13.1 Å². The molecule has 5 rings (SSSR count). The maximum absolute atomic E-state index is 13.5. The Labute approximate surface area is 204 Å². The molecule has 1 aliphatic carbocycles. The minimum atomic E-state index is -0.572. The van der Waals surface area contributed by atoms with Crippen molar-refractivity contribution in [2.45, 2.75) is 45.6 Å². The van der Waals surface area contributed by atoms with Gasteiger partial charge >= 0.3 is 5.97 Å². The Balaban J connectivity index is 1.75. The highest BCUT2D eigenvalue weighted by Crippen LogP contribution is 2.43. The van der Waals surface area contributed by atoms with Crippen molar-refractivity contribution in [3.8, 4) is 5.75 Å². The molecule has 2 heterocycles. The van der Waals surface area contributed by atoms with E-state index in [1.54, 1.807) is 23.4 Å². The van der Waals surface area contributed by atoms with E-state index in [2.05, 4.69) is 41.5 Å². The lowest BCUT2D eigenvalue weighted by molar-refractivity contribution is -0.137. The van der Waals surface area contributed by atoms with Crippen molar-refractivity contribution in [3.63, 3.8) is 0 Å². The zero-order chi connectivity index (χ0) is 24.7. The van der Waals surface area contributed by atoms with Crippen molar-refractivity contribution < 1.29 is 14.3 Å². The van der Waals surface area contributed by atoms with Crippen molar-refractivity contribution in [3.05, 3.63) is 92.9 Å². The van der Waals surface area contributed by atoms with Gasteiger partial charge in [0.2, 0.25) is 11.2 Å². The van der Waals surface area contributed by atoms with Gasteiger partial charge in [-0.25, -0.2) is 0 Å². The topological polar surface area (TPSA) is 81.5 Å². The van der Waals surface area contributed by atoms with Crippen LogP contribution < -0.4 is 10.2 Å². The first-order valence-electron chi connectivity index (χ1n) is 12.2. The van der Waals surface area contributed by atoms with E-state index in [0.717, 1.165) is 19.0 Å². The lowest BCUT2D eigenvalue weighted by Gasteiger charge is -2.39. The van der Waals surface area contributed by atoms with E-state index in [1.165, 1.54) is 22.3 Å². The van der Waals surface area contributed by atoms with Crippen LogP contribution in [-0.2, 0) is 17.6 Å². The first-order valence-corrected chi connectivity index (χ1v) is 12.2. The molecule has 1 amide bonds. The van der Waals surface area contributed by atoms with Gasteiger partial charge in [-0.1, -0.05) is 62.4 Å². The normalized spacial score (nSPS) is 17.4. The number of esters is 1. The Morgan fingerprint density at radius 3 is 2.20 bits per heavy atom. The molecule has 1 aliphatic heterocycles. The summed E-state index contributed by atoms with van der Waals surface area (Å²) in [5.74, 6) is -1.67. The van der Waals surface area contributed by atoms with Crippen LogP contribution >= 0.6 is 0 Å². The summed E-state index contributed by atoms with van der Waals surface area (Å²) in [6, 6.07) is 16.5. The molecule has 0 saturated carbocycles. The molecule has 7 nitrogen and oxygen atoms in total. The average molecular weight is 472 g/mol. The van der Waals surface area contributed by atoms with Crippen LogP contribution in [0.25, 0.3) is 0 Å². The zero-order valence-electron chi connectivity index (χ0n) is 20.2. The highest BCUT2D eigenvalue weighted by Gasteiger charge is 2.41. The lowest BCUT2D eigenvalue weighted by atomic mass is 9.81. The van der Waals surface area contributed by atoms with Crippen molar-refractivity contribution in [1.29, 1.82) is 0 Å². The first-order chi connectivity index (χ1) is 16.9. The van der Waals surface area contributed by atoms with E-state index in [9.17, 15) is 14.4 Å². The van der Waals surface area contributed by atoms with Crippen molar-refractivity contribution in [1.82, 2.24) is 14.7 Å². The number of carbonyl (C=O) groups is 2. The lowest BCUT2D eigenvalue weighted by Crippen LogP contribution is -2.47. The predicted octanol–water partition coefficient (Wildman–Crippen LogP) is 3.75. The van der Waals surface area contributed by atoms with Gasteiger partial charge in [-0.3, -0.25) is 19.1 Å². The van der Waals surface area contributed by atoms with Crippen LogP contribution in [0.5, 0.6) is 5.75 Å². The molecule has 0 N–H and O–H groups in total. The molecular formula is C28H29N3O4. The summed E-state index contributed by atoms with van der Waals surface area (Å²) in [5.41, 5.74) is 4.39. The maximum atomic E-state index is 13.5. The van der Waals surface area contributed by atoms with Crippen LogP contribution in [0.15, 0.2) is 59.5 Å². The standard InChI is InChI=1S/C28H29N3O4/c1-4-30-16-22(31-25(27(30)33)26(23(32)15-29-31)35-28(34)17(2)3)24-20-11-7-5-9-18(20)13-14-19-10-6-8-12-21(19)24/h5-12,15,17,22,24H,4,13-14,16H2,1-3H3. The second-order valence-electron chi connectivity index (χ2n) is 9.49. The number of nitrogens with zero attached hydrogens (tertiary/aromatic N) is 3. The maximum Gasteiger partial charge on any atom is 0.313 e. The first kappa shape index (κ1) is 23.0. The number of rotatable bonds is 4. The molecule has 0 bridgehead atoms. The molecule has 35 heavy (non-hydrogen) atoms. The SMILES string of the molecule is CCN1CC(C2c3ccccc3CCc3ccccc32)n2ncc(=O)c(OC(=O)C(C)C)c2C1=O. The third-order valence-corrected chi connectivity index (χ3v) is 7.06. The third-order valence-electron chi connectivity index (χ3n) is 7.06. The van der Waals surface area contributed by atoms with Crippen LogP contribution in [0.3, 0.4) is 0 Å². The van der Waals surface area contributed by atoms with E-state index in [4.69, 9.17) is 4.74 Å². The molecule has 1 aromatic heterocycles. The van der Waals surface area contributed by atoms with Gasteiger partial charge in [0.25, 0.3) is 5.91 Å². The Morgan fingerprint density at radius 1 is 1.03 bits per heavy atom. The minimum absolute atomic E-state index is 0.0452. The smallest absolute Gasteiger partial charge is 0.313 e. The van der Waals surface area contributed by atoms with Gasteiger partial charge in [0.1, 0.15) is 0 Å². The fourth-order valence-electron chi connectivity index (χ4n) is 5.25. The molecule has 2 aromatic carbocycles. The number of likely N-dealkylation sites (N-methyl/N-ethyl adjacent to an activating group) is 1. The summed E-state index contributed by atoms with van der Waals surface area (Å²) in [5, 5.41) is 4.45. The van der Waals surface area contributed by atoms with Crippen LogP contribution in [-0.4, -0.2) is 39.6 Å². The number of fused-ring (bicyclic) bond motifs is 3. The average Bonchev–Trinajstić information content (AvgIpc) is 3.03. The number of hydrogen-bond acceptors (Lipinski definition) is 5. The number of aryl methyl sites for hydroxylation is 2. The van der Waals surface area contributed by atoms with E-state index >= 15 is 0 Å². The Hall–Kier alpha value is -3.74. The number of carbonyl (C=O) groups excluding carboxylic acids is 2. The summed E-state index contributed by atoms with van der Waals surface area (Å²) in [4.78, 5) is 40.5. The molecule has 3 aromatic rings. The van der Waals surface area contributed by atoms with Crippen LogP contribution in [0.2, 0.25) is 0 Å². The monoisotopic (exact) mass is 471 g/mol. The summed E-state index contributed by atoms with van der Waals surface area (Å²) in [6.45, 7) is 6.19. The molecule has 0 saturated heterocycles. The van der Waals surface area contributed by atoms with Gasteiger partial charge < -0.3 is 9.64 Å². The summed E-state index contributed by atoms with van der Waals surface area (Å²) < 4.78 is 7.14. The van der Waals surface area contributed by atoms with Crippen molar-refractivity contribution in [2.24, 2.45) is 5.92 Å². The quantitative estimate of drug-likeness (QED) is 0.542. The summed E-state index contributed by atoms with van der Waals surface area (Å²) >= 11 is 0. The fraction of sp³-hybridized carbons (Fsp3) is 0.357. The van der Waals surface area contributed by atoms with Crippen molar-refractivity contribution in [2.75, 3.05) is 13.1 Å². The fourth-order valence-corrected chi connectivity index (χ4v) is 5.25. The van der Waals surface area contributed by atoms with Gasteiger partial charge in [0.15, 0.2) is 5.69 Å². The zero-order valence-corrected chi connectivity index (χ0v) is 20.2. The van der Waals surface area contributed by atoms with Gasteiger partial charge in [-0.2, -0.15) is 5.10 Å². The molecule has 1 atom stereocenters. The van der Waals surface area contributed by atoms with Crippen molar-refractivity contribution >= 4 is 11.9 Å². The molecule has 0 fully saturated rings.